The zero-order valence-corrected chi connectivity index (χ0v) is 11.4. The highest BCUT2D eigenvalue weighted by Gasteiger charge is 2.20. The Morgan fingerprint density at radius 2 is 2.26 bits per heavy atom. The summed E-state index contributed by atoms with van der Waals surface area (Å²) in [6.07, 6.45) is 0. The molecule has 1 N–H and O–H groups in total. The summed E-state index contributed by atoms with van der Waals surface area (Å²) in [5.74, 6) is 2.06. The van der Waals surface area contributed by atoms with Crippen LogP contribution in [-0.4, -0.2) is 24.1 Å². The summed E-state index contributed by atoms with van der Waals surface area (Å²) >= 11 is 1.52. The van der Waals surface area contributed by atoms with Gasteiger partial charge in [-0.3, -0.25) is 0 Å². The number of hydrogen-bond donors (Lipinski definition) is 1. The Morgan fingerprint density at radius 3 is 3.00 bits per heavy atom. The fourth-order valence-electron chi connectivity index (χ4n) is 1.83. The number of fused-ring (bicyclic) bond motifs is 1. The topological polar surface area (TPSA) is 65.5 Å². The molecular formula is C12H13N3O3S. The second kappa shape index (κ2) is 4.93. The van der Waals surface area contributed by atoms with Crippen LogP contribution in [0.3, 0.4) is 0 Å². The lowest BCUT2D eigenvalue weighted by molar-refractivity contribution is 0.171. The van der Waals surface area contributed by atoms with Crippen LogP contribution in [0.5, 0.6) is 17.2 Å². The molecule has 0 saturated heterocycles. The first-order chi connectivity index (χ1) is 9.26. The van der Waals surface area contributed by atoms with E-state index in [9.17, 15) is 0 Å². The van der Waals surface area contributed by atoms with Gasteiger partial charge >= 0.3 is 0 Å². The van der Waals surface area contributed by atoms with Crippen LogP contribution in [0.15, 0.2) is 12.1 Å². The Bertz CT molecular complexity index is 600. The maximum atomic E-state index is 5.38. The van der Waals surface area contributed by atoms with Gasteiger partial charge in [0, 0.05) is 6.54 Å². The van der Waals surface area contributed by atoms with Gasteiger partial charge in [0.05, 0.1) is 7.11 Å². The van der Waals surface area contributed by atoms with Crippen molar-refractivity contribution in [3.63, 3.8) is 0 Å². The normalized spacial score (nSPS) is 12.5. The molecular weight excluding hydrogens is 266 g/mol. The van der Waals surface area contributed by atoms with Gasteiger partial charge in [-0.25, -0.2) is 0 Å². The number of ether oxygens (including phenoxy) is 3. The molecule has 7 heteroatoms. The van der Waals surface area contributed by atoms with Crippen molar-refractivity contribution in [2.24, 2.45) is 0 Å². The van der Waals surface area contributed by atoms with Gasteiger partial charge in [-0.15, -0.1) is 10.2 Å². The van der Waals surface area contributed by atoms with E-state index in [-0.39, 0.29) is 6.79 Å². The smallest absolute Gasteiger partial charge is 0.231 e. The molecule has 3 rings (SSSR count). The Hall–Kier alpha value is -2.02. The van der Waals surface area contributed by atoms with Crippen molar-refractivity contribution >= 4 is 16.5 Å². The van der Waals surface area contributed by atoms with Crippen molar-refractivity contribution in [2.45, 2.75) is 13.5 Å². The number of nitrogens with zero attached hydrogens (tertiary/aromatic N) is 2. The minimum absolute atomic E-state index is 0.234. The number of nitrogens with one attached hydrogen (secondary N) is 1. The van der Waals surface area contributed by atoms with Gasteiger partial charge in [-0.05, 0) is 24.6 Å². The Morgan fingerprint density at radius 1 is 1.37 bits per heavy atom. The average Bonchev–Trinajstić information content (AvgIpc) is 3.03. The fourth-order valence-corrected chi connectivity index (χ4v) is 2.42. The first-order valence-corrected chi connectivity index (χ1v) is 6.58. The molecule has 100 valence electrons. The monoisotopic (exact) mass is 279 g/mol. The molecule has 0 saturated carbocycles. The predicted octanol–water partition coefficient (Wildman–Crippen LogP) is 2.20. The number of aromatic nitrogens is 2. The van der Waals surface area contributed by atoms with E-state index in [0.29, 0.717) is 23.8 Å². The summed E-state index contributed by atoms with van der Waals surface area (Å²) in [4.78, 5) is 0. The molecule has 2 aromatic rings. The molecule has 1 aromatic carbocycles. The second-order valence-electron chi connectivity index (χ2n) is 4.01. The number of aryl methyl sites for hydroxylation is 1. The molecule has 0 spiro atoms. The van der Waals surface area contributed by atoms with E-state index >= 15 is 0 Å². The fraction of sp³-hybridized carbons (Fsp3) is 0.333. The van der Waals surface area contributed by atoms with Crippen LogP contribution in [-0.2, 0) is 6.54 Å². The molecule has 0 bridgehead atoms. The zero-order valence-electron chi connectivity index (χ0n) is 10.6. The number of rotatable bonds is 4. The molecule has 0 atom stereocenters. The van der Waals surface area contributed by atoms with E-state index in [1.165, 1.54) is 11.3 Å². The van der Waals surface area contributed by atoms with E-state index in [0.717, 1.165) is 15.7 Å². The molecule has 0 fully saturated rings. The van der Waals surface area contributed by atoms with Crippen LogP contribution in [0.1, 0.15) is 10.6 Å². The average molecular weight is 279 g/mol. The first kappa shape index (κ1) is 12.0. The maximum absolute atomic E-state index is 5.38. The zero-order chi connectivity index (χ0) is 13.2. The summed E-state index contributed by atoms with van der Waals surface area (Å²) in [7, 11) is 1.61. The van der Waals surface area contributed by atoms with Crippen molar-refractivity contribution in [3.8, 4) is 17.2 Å². The molecule has 2 heterocycles. The van der Waals surface area contributed by atoms with E-state index in [1.54, 1.807) is 7.11 Å². The van der Waals surface area contributed by atoms with Crippen LogP contribution < -0.4 is 19.5 Å². The number of benzene rings is 1. The highest BCUT2D eigenvalue weighted by Crippen LogP contribution is 2.41. The molecule has 0 aliphatic carbocycles. The lowest BCUT2D eigenvalue weighted by Crippen LogP contribution is -1.99. The van der Waals surface area contributed by atoms with Crippen LogP contribution >= 0.6 is 11.3 Å². The van der Waals surface area contributed by atoms with E-state index < -0.39 is 0 Å². The van der Waals surface area contributed by atoms with Gasteiger partial charge in [0.1, 0.15) is 5.01 Å². The van der Waals surface area contributed by atoms with Crippen LogP contribution in [0.25, 0.3) is 0 Å². The lowest BCUT2D eigenvalue weighted by atomic mass is 10.2. The summed E-state index contributed by atoms with van der Waals surface area (Å²) in [5.41, 5.74) is 1.04. The minimum Gasteiger partial charge on any atom is -0.493 e. The van der Waals surface area contributed by atoms with E-state index in [1.807, 2.05) is 19.1 Å². The van der Waals surface area contributed by atoms with Gasteiger partial charge in [0.15, 0.2) is 11.5 Å². The number of methoxy groups -OCH3 is 1. The van der Waals surface area contributed by atoms with Gasteiger partial charge in [-0.2, -0.15) is 0 Å². The number of anilines is 1. The van der Waals surface area contributed by atoms with Crippen LogP contribution in [0, 0.1) is 6.92 Å². The van der Waals surface area contributed by atoms with Gasteiger partial charge in [-0.1, -0.05) is 11.3 Å². The van der Waals surface area contributed by atoms with E-state index in [4.69, 9.17) is 14.2 Å². The molecule has 0 amide bonds. The third-order valence-corrected chi connectivity index (χ3v) is 3.48. The van der Waals surface area contributed by atoms with Crippen molar-refractivity contribution in [2.75, 3.05) is 19.2 Å². The second-order valence-corrected chi connectivity index (χ2v) is 5.19. The van der Waals surface area contributed by atoms with Crippen molar-refractivity contribution < 1.29 is 14.2 Å². The Kier molecular flexibility index (Phi) is 3.12. The molecule has 1 aromatic heterocycles. The highest BCUT2D eigenvalue weighted by molar-refractivity contribution is 7.15. The van der Waals surface area contributed by atoms with Crippen molar-refractivity contribution in [1.82, 2.24) is 10.2 Å². The van der Waals surface area contributed by atoms with Gasteiger partial charge in [0.25, 0.3) is 0 Å². The van der Waals surface area contributed by atoms with Crippen molar-refractivity contribution in [1.29, 1.82) is 0 Å². The SMILES string of the molecule is COc1cc(CNc2nnc(C)s2)cc2c1OCO2. The Balaban J connectivity index is 1.78. The molecule has 1 aliphatic heterocycles. The number of hydrogen-bond acceptors (Lipinski definition) is 7. The molecule has 19 heavy (non-hydrogen) atoms. The molecule has 6 nitrogen and oxygen atoms in total. The van der Waals surface area contributed by atoms with Crippen LogP contribution in [0.2, 0.25) is 0 Å². The quantitative estimate of drug-likeness (QED) is 0.925. The largest absolute Gasteiger partial charge is 0.493 e. The van der Waals surface area contributed by atoms with Gasteiger partial charge < -0.3 is 19.5 Å². The third-order valence-electron chi connectivity index (χ3n) is 2.69. The van der Waals surface area contributed by atoms with Gasteiger partial charge in [0.2, 0.25) is 17.7 Å². The van der Waals surface area contributed by atoms with E-state index in [2.05, 4.69) is 15.5 Å². The Labute approximate surface area is 114 Å². The molecule has 1 aliphatic rings. The summed E-state index contributed by atoms with van der Waals surface area (Å²) in [6, 6.07) is 3.86. The molecule has 0 unspecified atom stereocenters. The summed E-state index contributed by atoms with van der Waals surface area (Å²) in [5, 5.41) is 12.9. The predicted molar refractivity (Wildman–Crippen MR) is 71.1 cm³/mol. The summed E-state index contributed by atoms with van der Waals surface area (Å²) < 4.78 is 16.0. The first-order valence-electron chi connectivity index (χ1n) is 5.77. The maximum Gasteiger partial charge on any atom is 0.231 e. The standard InChI is InChI=1S/C12H13N3O3S/c1-7-14-15-12(19-7)13-5-8-3-9(16-2)11-10(4-8)17-6-18-11/h3-4H,5-6H2,1-2H3,(H,13,15). The summed E-state index contributed by atoms with van der Waals surface area (Å²) in [6.45, 7) is 2.78. The third kappa shape index (κ3) is 2.41. The van der Waals surface area contributed by atoms with Crippen LogP contribution in [0.4, 0.5) is 5.13 Å². The highest BCUT2D eigenvalue weighted by atomic mass is 32.1. The van der Waals surface area contributed by atoms with Crippen molar-refractivity contribution in [3.05, 3.63) is 22.7 Å². The lowest BCUT2D eigenvalue weighted by Gasteiger charge is -2.08. The molecule has 0 radical (unpaired) electrons. The minimum atomic E-state index is 0.234.